The molecular weight excluding hydrogens is 564 g/mol. The van der Waals surface area contributed by atoms with Crippen LogP contribution >= 0.6 is 0 Å². The van der Waals surface area contributed by atoms with Crippen molar-refractivity contribution in [2.24, 2.45) is 0 Å². The summed E-state index contributed by atoms with van der Waals surface area (Å²) in [6.07, 6.45) is 0.968. The van der Waals surface area contributed by atoms with Gasteiger partial charge in [0.2, 0.25) is 0 Å². The van der Waals surface area contributed by atoms with E-state index >= 15 is 0 Å². The molecule has 42 heavy (non-hydrogen) atoms. The van der Waals surface area contributed by atoms with Gasteiger partial charge in [-0.05, 0) is 11.1 Å². The van der Waals surface area contributed by atoms with Crippen LogP contribution in [0.4, 0.5) is 26.7 Å². The Morgan fingerprint density at radius 2 is 1.48 bits per heavy atom. The Morgan fingerprint density at radius 1 is 0.905 bits per heavy atom. The number of ether oxygens (including phenoxy) is 2. The number of carbonyl (C=O) groups is 2. The summed E-state index contributed by atoms with van der Waals surface area (Å²) in [6, 6.07) is 13.3. The molecule has 1 unspecified atom stereocenters. The molecule has 0 bridgehead atoms. The number of benzene rings is 3. The van der Waals surface area contributed by atoms with Crippen LogP contribution in [-0.4, -0.2) is 41.4 Å². The van der Waals surface area contributed by atoms with Gasteiger partial charge >= 0.3 is 171 Å². The van der Waals surface area contributed by atoms with E-state index in [1.165, 1.54) is 17.1 Å². The van der Waals surface area contributed by atoms with Crippen LogP contribution < -0.4 is 10.1 Å². The van der Waals surface area contributed by atoms with Crippen LogP contribution in [0.3, 0.4) is 0 Å². The maximum atomic E-state index is 14.2. The van der Waals surface area contributed by atoms with Crippen LogP contribution in [-0.2, 0) is 27.1 Å². The maximum absolute atomic E-state index is 14.2. The number of esters is 1. The monoisotopic (exact) mass is 583 g/mol. The molecule has 0 spiro atoms. The van der Waals surface area contributed by atoms with E-state index in [9.17, 15) is 36.2 Å². The number of hydrogen-bond donors (Lipinski definition) is 1. The molecule has 14 heteroatoms. The topological polar surface area (TPSA) is 99.5 Å². The standard InChI is InChI=1S/C28H19BF5N3O5/c30-21-22(31)24(33)26(25(34)23(21)32)42-27(38)20(9-14-10-37(12-29-40)13-35-14)36-28(39)41-11-19-17-7-3-1-5-15(17)16-6-2-4-8-18(16)19/h1-8,10,13,19-20H,9,11-12H2,(H,36,39). The molecule has 1 amide bonds. The molecule has 3 aromatic carbocycles. The fourth-order valence-corrected chi connectivity index (χ4v) is 4.73. The fourth-order valence-electron chi connectivity index (χ4n) is 4.73. The van der Waals surface area contributed by atoms with Crippen LogP contribution in [0.15, 0.2) is 61.1 Å². The average molecular weight is 583 g/mol. The van der Waals surface area contributed by atoms with Gasteiger partial charge in [-0.15, -0.1) is 0 Å². The molecule has 0 radical (unpaired) electrons. The summed E-state index contributed by atoms with van der Waals surface area (Å²) in [4.78, 5) is 29.8. The van der Waals surface area contributed by atoms with E-state index in [-0.39, 0.29) is 24.7 Å². The summed E-state index contributed by atoms with van der Waals surface area (Å²) in [6.45, 7) is -0.146. The second-order valence-electron chi connectivity index (χ2n) is 9.28. The molecule has 4 aromatic rings. The Morgan fingerprint density at radius 3 is 2.07 bits per heavy atom. The first-order valence-corrected chi connectivity index (χ1v) is 12.5. The van der Waals surface area contributed by atoms with E-state index in [2.05, 4.69) is 15.0 Å². The number of fused-ring (bicyclic) bond motifs is 3. The van der Waals surface area contributed by atoms with Crippen molar-refractivity contribution in [3.8, 4) is 16.9 Å². The first-order chi connectivity index (χ1) is 20.2. The van der Waals surface area contributed by atoms with Crippen LogP contribution in [0.2, 0.25) is 0 Å². The summed E-state index contributed by atoms with van der Waals surface area (Å²) in [5.74, 6) is -15.5. The van der Waals surface area contributed by atoms with Gasteiger partial charge in [0.15, 0.2) is 0 Å². The zero-order valence-electron chi connectivity index (χ0n) is 21.5. The number of halogens is 5. The van der Waals surface area contributed by atoms with Crippen molar-refractivity contribution >= 4 is 19.2 Å². The molecule has 1 aliphatic carbocycles. The van der Waals surface area contributed by atoms with Gasteiger partial charge < -0.3 is 0 Å². The van der Waals surface area contributed by atoms with Crippen LogP contribution in [0.25, 0.3) is 11.1 Å². The van der Waals surface area contributed by atoms with E-state index in [1.807, 2.05) is 48.5 Å². The Balaban J connectivity index is 1.35. The number of carbonyl (C=O) groups excluding carboxylic acids is 2. The quantitative estimate of drug-likeness (QED) is 0.0770. The molecule has 0 saturated heterocycles. The average Bonchev–Trinajstić information content (AvgIpc) is 3.57. The Labute approximate surface area is 235 Å². The second kappa shape index (κ2) is 11.9. The zero-order chi connectivity index (χ0) is 30.0. The van der Waals surface area contributed by atoms with E-state index in [0.29, 0.717) is 7.15 Å². The minimum atomic E-state index is -2.43. The Hall–Kier alpha value is -4.88. The van der Waals surface area contributed by atoms with Gasteiger partial charge in [-0.1, -0.05) is 48.5 Å². The third kappa shape index (κ3) is 5.51. The van der Waals surface area contributed by atoms with E-state index in [1.54, 1.807) is 0 Å². The van der Waals surface area contributed by atoms with Crippen molar-refractivity contribution < 1.29 is 45.7 Å². The number of hydrogen-bond acceptors (Lipinski definition) is 6. The summed E-state index contributed by atoms with van der Waals surface area (Å²) in [7, 11) is 0.579. The van der Waals surface area contributed by atoms with Gasteiger partial charge in [-0.25, -0.2) is 4.39 Å². The van der Waals surface area contributed by atoms with Crippen molar-refractivity contribution in [3.63, 3.8) is 0 Å². The summed E-state index contributed by atoms with van der Waals surface area (Å²) in [5, 5.41) is 2.22. The fraction of sp³-hybridized carbons (Fsp3) is 0.179. The first-order valence-electron chi connectivity index (χ1n) is 12.5. The summed E-state index contributed by atoms with van der Waals surface area (Å²) >= 11 is 0. The number of nitrogens with zero attached hydrogens (tertiary/aromatic N) is 2. The third-order valence-corrected chi connectivity index (χ3v) is 6.68. The first kappa shape index (κ1) is 28.6. The normalized spacial score (nSPS) is 12.7. The van der Waals surface area contributed by atoms with Crippen LogP contribution in [0, 0.1) is 29.1 Å². The van der Waals surface area contributed by atoms with Gasteiger partial charge in [0, 0.05) is 0 Å². The number of aromatic nitrogens is 2. The number of nitrogens with one attached hydrogen (secondary N) is 1. The molecule has 1 aromatic heterocycles. The molecular formula is C28H19BF5N3O5. The predicted molar refractivity (Wildman–Crippen MR) is 136 cm³/mol. The SMILES string of the molecule is O=BCn1cnc(CC(NC(=O)OCC2c3ccccc3-c3ccccc32)C(=O)Oc2c(F)c(F)c(F)c(F)c2F)c1. The van der Waals surface area contributed by atoms with Gasteiger partial charge in [-0.3, -0.25) is 0 Å². The summed E-state index contributed by atoms with van der Waals surface area (Å²) < 4.78 is 91.2. The van der Waals surface area contributed by atoms with Gasteiger partial charge in [0.25, 0.3) is 0 Å². The van der Waals surface area contributed by atoms with Gasteiger partial charge in [0.1, 0.15) is 0 Å². The van der Waals surface area contributed by atoms with E-state index in [0.717, 1.165) is 22.3 Å². The molecule has 1 aliphatic rings. The van der Waals surface area contributed by atoms with Crippen LogP contribution in [0.1, 0.15) is 22.7 Å². The zero-order valence-corrected chi connectivity index (χ0v) is 21.5. The van der Waals surface area contributed by atoms with Crippen LogP contribution in [0.5, 0.6) is 5.75 Å². The molecule has 0 fully saturated rings. The van der Waals surface area contributed by atoms with Crippen molar-refractivity contribution in [2.45, 2.75) is 24.8 Å². The molecule has 214 valence electrons. The van der Waals surface area contributed by atoms with Gasteiger partial charge in [-0.2, -0.15) is 0 Å². The molecule has 5 rings (SSSR count). The molecule has 0 aliphatic heterocycles. The summed E-state index contributed by atoms with van der Waals surface area (Å²) in [5.41, 5.74) is 3.90. The molecule has 1 heterocycles. The minimum absolute atomic E-state index is 0.0769. The molecule has 0 saturated carbocycles. The number of amides is 1. The predicted octanol–water partition coefficient (Wildman–Crippen LogP) is 4.64. The number of rotatable bonds is 9. The number of imidazole rings is 1. The molecule has 1 atom stereocenters. The van der Waals surface area contributed by atoms with E-state index < -0.39 is 59.4 Å². The molecule has 8 nitrogen and oxygen atoms in total. The second-order valence-corrected chi connectivity index (χ2v) is 9.28. The molecule has 1 N–H and O–H groups in total. The van der Waals surface area contributed by atoms with Crippen molar-refractivity contribution in [1.82, 2.24) is 14.9 Å². The van der Waals surface area contributed by atoms with Crippen molar-refractivity contribution in [1.29, 1.82) is 0 Å². The van der Waals surface area contributed by atoms with Gasteiger partial charge in [0.05, 0.1) is 0 Å². The van der Waals surface area contributed by atoms with Crippen molar-refractivity contribution in [3.05, 3.63) is 107 Å². The third-order valence-electron chi connectivity index (χ3n) is 6.68. The number of alkyl carbamates (subject to hydrolysis) is 1. The Kier molecular flexibility index (Phi) is 8.14. The van der Waals surface area contributed by atoms with E-state index in [4.69, 9.17) is 4.74 Å². The van der Waals surface area contributed by atoms with Crippen molar-refractivity contribution in [2.75, 3.05) is 6.61 Å². The Bertz CT molecular complexity index is 1620.